The van der Waals surface area contributed by atoms with Gasteiger partial charge in [-0.25, -0.2) is 0 Å². The van der Waals surface area contributed by atoms with Crippen molar-refractivity contribution in [2.75, 3.05) is 23.0 Å². The number of thioether (sulfide) groups is 1. The van der Waals surface area contributed by atoms with Crippen molar-refractivity contribution in [3.63, 3.8) is 0 Å². The molecule has 0 atom stereocenters. The van der Waals surface area contributed by atoms with E-state index < -0.39 is 11.9 Å². The zero-order chi connectivity index (χ0) is 22.3. The van der Waals surface area contributed by atoms with Crippen molar-refractivity contribution < 1.29 is 19.1 Å². The van der Waals surface area contributed by atoms with Crippen LogP contribution in [0.25, 0.3) is 5.57 Å². The van der Waals surface area contributed by atoms with E-state index in [0.29, 0.717) is 21.3 Å². The minimum Gasteiger partial charge on any atom is -0.465 e. The number of esters is 1. The Morgan fingerprint density at radius 3 is 2.52 bits per heavy atom. The molecule has 0 radical (unpaired) electrons. The highest BCUT2D eigenvalue weighted by Crippen LogP contribution is 2.45. The first-order valence-electron chi connectivity index (χ1n) is 9.78. The van der Waals surface area contributed by atoms with Crippen molar-refractivity contribution in [2.45, 2.75) is 20.8 Å². The van der Waals surface area contributed by atoms with E-state index in [1.165, 1.54) is 9.80 Å². The number of hydrogen-bond donors (Lipinski definition) is 0. The zero-order valence-corrected chi connectivity index (χ0v) is 18.9. The summed E-state index contributed by atoms with van der Waals surface area (Å²) in [5.74, 6) is -1.25. The third kappa shape index (κ3) is 3.66. The molecule has 0 aliphatic carbocycles. The predicted octanol–water partition coefficient (Wildman–Crippen LogP) is 3.99. The van der Waals surface area contributed by atoms with Crippen LogP contribution in [0.5, 0.6) is 0 Å². The number of ether oxygens (including phenoxy) is 1. The van der Waals surface area contributed by atoms with Crippen LogP contribution in [-0.4, -0.2) is 35.3 Å². The molecular formula is C23H20N2O4S2. The highest BCUT2D eigenvalue weighted by molar-refractivity contribution is 8.27. The minimum atomic E-state index is -0.505. The van der Waals surface area contributed by atoms with Gasteiger partial charge >= 0.3 is 5.97 Å². The summed E-state index contributed by atoms with van der Waals surface area (Å²) in [5, 5.41) is 0. The second-order valence-corrected chi connectivity index (χ2v) is 8.86. The maximum atomic E-state index is 13.4. The number of nitrogens with zero attached hydrogens (tertiary/aromatic N) is 2. The Labute approximate surface area is 189 Å². The number of anilines is 2. The van der Waals surface area contributed by atoms with E-state index >= 15 is 0 Å². The monoisotopic (exact) mass is 452 g/mol. The van der Waals surface area contributed by atoms with Crippen molar-refractivity contribution in [3.05, 3.63) is 64.1 Å². The SMILES string of the molecule is CCOC(=O)CN1C(=O)C(=C2SC(=S)N(c3ccc(C)cc3C)C2=O)c2ccccc21. The molecule has 2 aromatic carbocycles. The van der Waals surface area contributed by atoms with E-state index in [-0.39, 0.29) is 29.5 Å². The fraction of sp³-hybridized carbons (Fsp3) is 0.217. The van der Waals surface area contributed by atoms with Gasteiger partial charge in [0.15, 0.2) is 4.32 Å². The molecule has 2 aromatic rings. The molecule has 2 heterocycles. The molecule has 31 heavy (non-hydrogen) atoms. The quantitative estimate of drug-likeness (QED) is 0.397. The van der Waals surface area contributed by atoms with Crippen molar-refractivity contribution in [1.29, 1.82) is 0 Å². The standard InChI is InChI=1S/C23H20N2O4S2/c1-4-29-18(26)12-24-17-8-6-5-7-15(17)19(21(24)27)20-22(28)25(23(30)31-20)16-10-9-13(2)11-14(16)3/h5-11H,4,12H2,1-3H3. The summed E-state index contributed by atoms with van der Waals surface area (Å²) in [5.41, 5.74) is 4.16. The van der Waals surface area contributed by atoms with Gasteiger partial charge < -0.3 is 4.74 Å². The number of thiocarbonyl (C=S) groups is 1. The lowest BCUT2D eigenvalue weighted by molar-refractivity contribution is -0.142. The Bertz CT molecular complexity index is 1170. The van der Waals surface area contributed by atoms with Crippen LogP contribution in [0, 0.1) is 13.8 Å². The zero-order valence-electron chi connectivity index (χ0n) is 17.3. The van der Waals surface area contributed by atoms with Gasteiger partial charge in [0.05, 0.1) is 28.5 Å². The van der Waals surface area contributed by atoms with Crippen molar-refractivity contribution in [3.8, 4) is 0 Å². The molecule has 0 saturated carbocycles. The van der Waals surface area contributed by atoms with Crippen LogP contribution in [-0.2, 0) is 19.1 Å². The van der Waals surface area contributed by atoms with Crippen molar-refractivity contribution >= 4 is 63.0 Å². The van der Waals surface area contributed by atoms with Gasteiger partial charge in [-0.15, -0.1) is 0 Å². The second-order valence-electron chi connectivity index (χ2n) is 7.22. The molecule has 1 fully saturated rings. The van der Waals surface area contributed by atoms with Crippen LogP contribution in [0.1, 0.15) is 23.6 Å². The second kappa shape index (κ2) is 8.28. The topological polar surface area (TPSA) is 66.9 Å². The molecule has 1 saturated heterocycles. The number of benzene rings is 2. The Balaban J connectivity index is 1.78. The lowest BCUT2D eigenvalue weighted by atomic mass is 10.1. The number of rotatable bonds is 4. The summed E-state index contributed by atoms with van der Waals surface area (Å²) in [7, 11) is 0. The molecule has 0 bridgehead atoms. The summed E-state index contributed by atoms with van der Waals surface area (Å²) < 4.78 is 5.38. The highest BCUT2D eigenvalue weighted by Gasteiger charge is 2.43. The molecular weight excluding hydrogens is 432 g/mol. The van der Waals surface area contributed by atoms with E-state index in [9.17, 15) is 14.4 Å². The average molecular weight is 453 g/mol. The summed E-state index contributed by atoms with van der Waals surface area (Å²) in [6, 6.07) is 12.9. The van der Waals surface area contributed by atoms with Crippen LogP contribution >= 0.6 is 24.0 Å². The number of para-hydroxylation sites is 1. The van der Waals surface area contributed by atoms with E-state index in [2.05, 4.69) is 0 Å². The van der Waals surface area contributed by atoms with Gasteiger partial charge in [-0.1, -0.05) is 59.9 Å². The van der Waals surface area contributed by atoms with Crippen molar-refractivity contribution in [2.24, 2.45) is 0 Å². The van der Waals surface area contributed by atoms with Gasteiger partial charge in [-0.3, -0.25) is 24.2 Å². The molecule has 2 amide bonds. The van der Waals surface area contributed by atoms with Crippen LogP contribution in [0.2, 0.25) is 0 Å². The number of fused-ring (bicyclic) bond motifs is 1. The first-order valence-corrected chi connectivity index (χ1v) is 11.0. The Hall–Kier alpha value is -2.97. The van der Waals surface area contributed by atoms with Gasteiger partial charge in [0, 0.05) is 5.56 Å². The van der Waals surface area contributed by atoms with E-state index in [4.69, 9.17) is 17.0 Å². The normalized spacial score (nSPS) is 18.1. The molecule has 8 heteroatoms. The molecule has 158 valence electrons. The maximum absolute atomic E-state index is 13.4. The summed E-state index contributed by atoms with van der Waals surface area (Å²) >= 11 is 6.62. The third-order valence-corrected chi connectivity index (χ3v) is 6.48. The van der Waals surface area contributed by atoms with Gasteiger partial charge in [-0.05, 0) is 38.5 Å². The number of amides is 2. The first-order chi connectivity index (χ1) is 14.8. The fourth-order valence-electron chi connectivity index (χ4n) is 3.78. The summed E-state index contributed by atoms with van der Waals surface area (Å²) in [6.07, 6.45) is 0. The lowest BCUT2D eigenvalue weighted by Crippen LogP contribution is -2.34. The van der Waals surface area contributed by atoms with Gasteiger partial charge in [0.2, 0.25) is 0 Å². The minimum absolute atomic E-state index is 0.218. The number of hydrogen-bond acceptors (Lipinski definition) is 6. The van der Waals surface area contributed by atoms with Crippen molar-refractivity contribution in [1.82, 2.24) is 0 Å². The molecule has 0 spiro atoms. The number of carbonyl (C=O) groups excluding carboxylic acids is 3. The predicted molar refractivity (Wildman–Crippen MR) is 126 cm³/mol. The highest BCUT2D eigenvalue weighted by atomic mass is 32.2. The van der Waals surface area contributed by atoms with Crippen LogP contribution < -0.4 is 9.80 Å². The smallest absolute Gasteiger partial charge is 0.326 e. The largest absolute Gasteiger partial charge is 0.465 e. The van der Waals surface area contributed by atoms with Crippen LogP contribution in [0.15, 0.2) is 47.4 Å². The van der Waals surface area contributed by atoms with Gasteiger partial charge in [0.25, 0.3) is 11.8 Å². The fourth-order valence-corrected chi connectivity index (χ4v) is 5.13. The van der Waals surface area contributed by atoms with Gasteiger partial charge in [0.1, 0.15) is 6.54 Å². The Kier molecular flexibility index (Phi) is 5.68. The Morgan fingerprint density at radius 2 is 1.81 bits per heavy atom. The van der Waals surface area contributed by atoms with E-state index in [1.54, 1.807) is 31.2 Å². The van der Waals surface area contributed by atoms with E-state index in [1.807, 2.05) is 32.0 Å². The average Bonchev–Trinajstić information content (AvgIpc) is 3.16. The molecule has 2 aliphatic heterocycles. The molecule has 0 unspecified atom stereocenters. The Morgan fingerprint density at radius 1 is 1.06 bits per heavy atom. The summed E-state index contributed by atoms with van der Waals surface area (Å²) in [6.45, 7) is 5.62. The summed E-state index contributed by atoms with van der Waals surface area (Å²) in [4.78, 5) is 41.9. The van der Waals surface area contributed by atoms with Crippen LogP contribution in [0.3, 0.4) is 0 Å². The molecule has 4 rings (SSSR count). The van der Waals surface area contributed by atoms with Crippen LogP contribution in [0.4, 0.5) is 11.4 Å². The molecule has 6 nitrogen and oxygen atoms in total. The first kappa shape index (κ1) is 21.3. The molecule has 0 aromatic heterocycles. The number of carbonyl (C=O) groups is 3. The number of aryl methyl sites for hydroxylation is 2. The molecule has 2 aliphatic rings. The third-order valence-electron chi connectivity index (χ3n) is 5.11. The molecule has 0 N–H and O–H groups in total. The maximum Gasteiger partial charge on any atom is 0.326 e. The van der Waals surface area contributed by atoms with Gasteiger partial charge in [-0.2, -0.15) is 0 Å². The van der Waals surface area contributed by atoms with E-state index in [0.717, 1.165) is 22.9 Å². The lowest BCUT2D eigenvalue weighted by Gasteiger charge is -2.17.